The number of benzene rings is 1. The van der Waals surface area contributed by atoms with Crippen molar-refractivity contribution in [3.05, 3.63) is 38.8 Å². The van der Waals surface area contributed by atoms with E-state index in [0.29, 0.717) is 28.7 Å². The van der Waals surface area contributed by atoms with Crippen LogP contribution in [0.1, 0.15) is 41.3 Å². The van der Waals surface area contributed by atoms with Crippen LogP contribution in [-0.4, -0.2) is 24.7 Å². The Labute approximate surface area is 150 Å². The first-order chi connectivity index (χ1) is 11.6. The van der Waals surface area contributed by atoms with Gasteiger partial charge in [-0.3, -0.25) is 0 Å². The van der Waals surface area contributed by atoms with Gasteiger partial charge in [0.15, 0.2) is 11.5 Å². The van der Waals surface area contributed by atoms with Gasteiger partial charge in [-0.05, 0) is 25.0 Å². The van der Waals surface area contributed by atoms with E-state index >= 15 is 0 Å². The lowest BCUT2D eigenvalue weighted by Crippen LogP contribution is -2.07. The second-order valence-electron chi connectivity index (χ2n) is 5.00. The van der Waals surface area contributed by atoms with E-state index in [1.807, 2.05) is 19.2 Å². The smallest absolute Gasteiger partial charge is 0.338 e. The number of hydrogen-bond acceptors (Lipinski definition) is 6. The SMILES string of the molecule is CCCOc1c(Cl)cc(C(=O)OCc2csc(CC)n2)cc1OC. The molecule has 0 fully saturated rings. The van der Waals surface area contributed by atoms with Crippen molar-refractivity contribution in [3.63, 3.8) is 0 Å². The Morgan fingerprint density at radius 2 is 2.12 bits per heavy atom. The number of halogens is 1. The molecule has 0 unspecified atom stereocenters. The fourth-order valence-corrected chi connectivity index (χ4v) is 2.98. The van der Waals surface area contributed by atoms with E-state index in [-0.39, 0.29) is 6.61 Å². The first-order valence-electron chi connectivity index (χ1n) is 7.69. The van der Waals surface area contributed by atoms with Gasteiger partial charge in [0.1, 0.15) is 6.61 Å². The molecule has 0 amide bonds. The van der Waals surface area contributed by atoms with Crippen LogP contribution >= 0.6 is 22.9 Å². The molecule has 130 valence electrons. The van der Waals surface area contributed by atoms with Gasteiger partial charge in [0.05, 0.1) is 35.0 Å². The van der Waals surface area contributed by atoms with Gasteiger partial charge >= 0.3 is 5.97 Å². The number of rotatable bonds is 8. The fourth-order valence-electron chi connectivity index (χ4n) is 1.98. The molecule has 0 aliphatic rings. The van der Waals surface area contributed by atoms with Crippen LogP contribution in [-0.2, 0) is 17.8 Å². The molecule has 0 saturated carbocycles. The number of aryl methyl sites for hydroxylation is 1. The molecular weight excluding hydrogens is 350 g/mol. The van der Waals surface area contributed by atoms with Gasteiger partial charge in [-0.1, -0.05) is 25.4 Å². The van der Waals surface area contributed by atoms with Crippen LogP contribution in [0.15, 0.2) is 17.5 Å². The average Bonchev–Trinajstić information content (AvgIpc) is 3.06. The molecule has 1 heterocycles. The van der Waals surface area contributed by atoms with E-state index in [0.717, 1.165) is 23.5 Å². The summed E-state index contributed by atoms with van der Waals surface area (Å²) in [6.45, 7) is 4.67. The molecule has 0 atom stereocenters. The molecule has 24 heavy (non-hydrogen) atoms. The first kappa shape index (κ1) is 18.5. The molecule has 2 rings (SSSR count). The number of esters is 1. The lowest BCUT2D eigenvalue weighted by molar-refractivity contribution is 0.0468. The molecule has 0 radical (unpaired) electrons. The number of methoxy groups -OCH3 is 1. The van der Waals surface area contributed by atoms with E-state index in [4.69, 9.17) is 25.8 Å². The second-order valence-corrected chi connectivity index (χ2v) is 6.35. The summed E-state index contributed by atoms with van der Waals surface area (Å²) < 4.78 is 16.1. The van der Waals surface area contributed by atoms with Gasteiger partial charge in [-0.15, -0.1) is 11.3 Å². The highest BCUT2D eigenvalue weighted by atomic mass is 35.5. The molecule has 5 nitrogen and oxygen atoms in total. The summed E-state index contributed by atoms with van der Waals surface area (Å²) in [7, 11) is 1.50. The van der Waals surface area contributed by atoms with E-state index in [1.54, 1.807) is 17.4 Å². The van der Waals surface area contributed by atoms with Crippen LogP contribution in [0.3, 0.4) is 0 Å². The Hall–Kier alpha value is -1.79. The van der Waals surface area contributed by atoms with Crippen LogP contribution in [0.2, 0.25) is 5.02 Å². The Morgan fingerprint density at radius 1 is 1.33 bits per heavy atom. The molecular formula is C17H20ClNO4S. The Balaban J connectivity index is 2.09. The molecule has 7 heteroatoms. The van der Waals surface area contributed by atoms with Gasteiger partial charge < -0.3 is 14.2 Å². The zero-order valence-electron chi connectivity index (χ0n) is 13.9. The minimum atomic E-state index is -0.483. The zero-order valence-corrected chi connectivity index (χ0v) is 15.5. The highest BCUT2D eigenvalue weighted by Crippen LogP contribution is 2.36. The molecule has 1 aromatic heterocycles. The van der Waals surface area contributed by atoms with Crippen LogP contribution in [0, 0.1) is 0 Å². The third kappa shape index (κ3) is 4.61. The number of aromatic nitrogens is 1. The monoisotopic (exact) mass is 369 g/mol. The summed E-state index contributed by atoms with van der Waals surface area (Å²) in [6, 6.07) is 3.09. The molecule has 0 N–H and O–H groups in total. The van der Waals surface area contributed by atoms with Gasteiger partial charge in [-0.25, -0.2) is 9.78 Å². The van der Waals surface area contributed by atoms with Gasteiger partial charge in [0, 0.05) is 5.38 Å². The van der Waals surface area contributed by atoms with Crippen molar-refractivity contribution < 1.29 is 19.0 Å². The number of ether oxygens (including phenoxy) is 3. The highest BCUT2D eigenvalue weighted by molar-refractivity contribution is 7.09. The molecule has 0 aliphatic carbocycles. The van der Waals surface area contributed by atoms with Crippen molar-refractivity contribution in [2.45, 2.75) is 33.3 Å². The maximum absolute atomic E-state index is 12.2. The topological polar surface area (TPSA) is 57.7 Å². The Kier molecular flexibility index (Phi) is 6.87. The largest absolute Gasteiger partial charge is 0.493 e. The Morgan fingerprint density at radius 3 is 2.75 bits per heavy atom. The quantitative estimate of drug-likeness (QED) is 0.640. The average molecular weight is 370 g/mol. The molecule has 0 spiro atoms. The maximum Gasteiger partial charge on any atom is 0.338 e. The van der Waals surface area contributed by atoms with Crippen molar-refractivity contribution in [1.82, 2.24) is 4.98 Å². The summed E-state index contributed by atoms with van der Waals surface area (Å²) in [5.74, 6) is 0.359. The maximum atomic E-state index is 12.2. The first-order valence-corrected chi connectivity index (χ1v) is 8.95. The van der Waals surface area contributed by atoms with Gasteiger partial charge in [0.25, 0.3) is 0 Å². The summed E-state index contributed by atoms with van der Waals surface area (Å²) >= 11 is 7.76. The Bertz CT molecular complexity index is 702. The van der Waals surface area contributed by atoms with Crippen molar-refractivity contribution in [1.29, 1.82) is 0 Å². The van der Waals surface area contributed by atoms with Crippen molar-refractivity contribution >= 4 is 28.9 Å². The van der Waals surface area contributed by atoms with Crippen molar-refractivity contribution in [2.24, 2.45) is 0 Å². The third-order valence-electron chi connectivity index (χ3n) is 3.17. The standard InChI is InChI=1S/C17H20ClNO4S/c1-4-6-22-16-13(18)7-11(8-14(16)21-3)17(20)23-9-12-10-24-15(5-2)19-12/h7-8,10H,4-6,9H2,1-3H3. The number of nitrogens with zero attached hydrogens (tertiary/aromatic N) is 1. The van der Waals surface area contributed by atoms with E-state index in [2.05, 4.69) is 4.98 Å². The van der Waals surface area contributed by atoms with Crippen molar-refractivity contribution in [2.75, 3.05) is 13.7 Å². The molecule has 0 aliphatic heterocycles. The van der Waals surface area contributed by atoms with Crippen LogP contribution in [0.5, 0.6) is 11.5 Å². The van der Waals surface area contributed by atoms with Gasteiger partial charge in [-0.2, -0.15) is 0 Å². The predicted molar refractivity (Wildman–Crippen MR) is 94.4 cm³/mol. The molecule has 0 saturated heterocycles. The van der Waals surface area contributed by atoms with Crippen LogP contribution < -0.4 is 9.47 Å². The number of hydrogen-bond donors (Lipinski definition) is 0. The summed E-state index contributed by atoms with van der Waals surface area (Å²) in [4.78, 5) is 16.6. The van der Waals surface area contributed by atoms with Crippen LogP contribution in [0.4, 0.5) is 0 Å². The number of thiazole rings is 1. The minimum absolute atomic E-state index is 0.128. The molecule has 2 aromatic rings. The molecule has 0 bridgehead atoms. The van der Waals surface area contributed by atoms with E-state index in [1.165, 1.54) is 13.2 Å². The van der Waals surface area contributed by atoms with Crippen LogP contribution in [0.25, 0.3) is 0 Å². The minimum Gasteiger partial charge on any atom is -0.493 e. The lowest BCUT2D eigenvalue weighted by atomic mass is 10.2. The normalized spacial score (nSPS) is 10.5. The second kappa shape index (κ2) is 8.89. The van der Waals surface area contributed by atoms with Crippen molar-refractivity contribution in [3.8, 4) is 11.5 Å². The third-order valence-corrected chi connectivity index (χ3v) is 4.49. The highest BCUT2D eigenvalue weighted by Gasteiger charge is 2.17. The summed E-state index contributed by atoms with van der Waals surface area (Å²) in [5.41, 5.74) is 1.05. The summed E-state index contributed by atoms with van der Waals surface area (Å²) in [5, 5.41) is 3.22. The van der Waals surface area contributed by atoms with E-state index in [9.17, 15) is 4.79 Å². The summed E-state index contributed by atoms with van der Waals surface area (Å²) in [6.07, 6.45) is 1.71. The van der Waals surface area contributed by atoms with Gasteiger partial charge in [0.2, 0.25) is 0 Å². The molecule has 1 aromatic carbocycles. The lowest BCUT2D eigenvalue weighted by Gasteiger charge is -2.13. The van der Waals surface area contributed by atoms with E-state index < -0.39 is 5.97 Å². The predicted octanol–water partition coefficient (Wildman–Crippen LogP) is 4.51. The number of carbonyl (C=O) groups excluding carboxylic acids is 1. The number of carbonyl (C=O) groups is 1. The zero-order chi connectivity index (χ0) is 17.5. The fraction of sp³-hybridized carbons (Fsp3) is 0.412.